The number of carboxylic acid groups (broad SMARTS) is 1. The number of nitrogens with one attached hydrogen (secondary N) is 1. The molecule has 6 N–H and O–H groups in total. The molecule has 23 heavy (non-hydrogen) atoms. The highest BCUT2D eigenvalue weighted by molar-refractivity contribution is 5.88. The van der Waals surface area contributed by atoms with Gasteiger partial charge in [-0.2, -0.15) is 4.98 Å². The zero-order valence-corrected chi connectivity index (χ0v) is 12.0. The largest absolute Gasteiger partial charge is 0.478 e. The van der Waals surface area contributed by atoms with E-state index >= 15 is 0 Å². The van der Waals surface area contributed by atoms with Crippen molar-refractivity contribution < 1.29 is 9.90 Å². The summed E-state index contributed by atoms with van der Waals surface area (Å²) in [6, 6.07) is 10.1. The third-order valence-corrected chi connectivity index (χ3v) is 3.25. The van der Waals surface area contributed by atoms with Gasteiger partial charge in [0.05, 0.1) is 23.3 Å². The van der Waals surface area contributed by atoms with Gasteiger partial charge in [0.2, 0.25) is 5.95 Å². The van der Waals surface area contributed by atoms with Gasteiger partial charge in [0, 0.05) is 5.69 Å². The maximum atomic E-state index is 10.8. The maximum absolute atomic E-state index is 10.8. The molecule has 0 aliphatic heterocycles. The molecule has 116 valence electrons. The third kappa shape index (κ3) is 3.10. The van der Waals surface area contributed by atoms with Crippen LogP contribution in [0.5, 0.6) is 0 Å². The van der Waals surface area contributed by atoms with Crippen LogP contribution in [0, 0.1) is 0 Å². The van der Waals surface area contributed by atoms with Crippen molar-refractivity contribution in [1.29, 1.82) is 0 Å². The molecule has 0 aliphatic carbocycles. The molecule has 3 aromatic rings. The Morgan fingerprint density at radius 2 is 1.78 bits per heavy atom. The summed E-state index contributed by atoms with van der Waals surface area (Å²) >= 11 is 0. The van der Waals surface area contributed by atoms with Gasteiger partial charge < -0.3 is 21.9 Å². The molecule has 0 spiro atoms. The first-order valence-corrected chi connectivity index (χ1v) is 6.79. The van der Waals surface area contributed by atoms with Crippen LogP contribution in [0.25, 0.3) is 11.0 Å². The van der Waals surface area contributed by atoms with E-state index < -0.39 is 5.97 Å². The van der Waals surface area contributed by atoms with E-state index in [0.717, 1.165) is 11.4 Å². The molecule has 0 amide bonds. The van der Waals surface area contributed by atoms with Crippen LogP contribution in [-0.4, -0.2) is 26.0 Å². The van der Waals surface area contributed by atoms with E-state index in [-0.39, 0.29) is 17.3 Å². The summed E-state index contributed by atoms with van der Waals surface area (Å²) in [4.78, 5) is 23.2. The van der Waals surface area contributed by atoms with Gasteiger partial charge in [0.1, 0.15) is 5.52 Å². The van der Waals surface area contributed by atoms with Crippen molar-refractivity contribution >= 4 is 34.5 Å². The zero-order chi connectivity index (χ0) is 16.4. The van der Waals surface area contributed by atoms with Crippen LogP contribution < -0.4 is 16.8 Å². The highest BCUT2D eigenvalue weighted by Gasteiger charge is 2.06. The fourth-order valence-electron chi connectivity index (χ4n) is 2.12. The summed E-state index contributed by atoms with van der Waals surface area (Å²) in [7, 11) is 0. The molecular weight excluding hydrogens is 296 g/mol. The van der Waals surface area contributed by atoms with E-state index in [9.17, 15) is 4.79 Å². The van der Waals surface area contributed by atoms with Gasteiger partial charge in [-0.05, 0) is 36.4 Å². The number of benzene rings is 1. The molecule has 0 atom stereocenters. The summed E-state index contributed by atoms with van der Waals surface area (Å²) in [6.07, 6.45) is 0. The van der Waals surface area contributed by atoms with Gasteiger partial charge in [-0.1, -0.05) is 0 Å². The summed E-state index contributed by atoms with van der Waals surface area (Å²) < 4.78 is 0. The lowest BCUT2D eigenvalue weighted by Gasteiger charge is -2.08. The Labute approximate surface area is 131 Å². The molecular formula is C15H14N6O2. The van der Waals surface area contributed by atoms with Crippen LogP contribution in [-0.2, 0) is 6.54 Å². The Bertz CT molecular complexity index is 879. The first kappa shape index (κ1) is 14.5. The van der Waals surface area contributed by atoms with E-state index in [1.165, 1.54) is 12.1 Å². The van der Waals surface area contributed by atoms with Crippen LogP contribution in [0.2, 0.25) is 0 Å². The molecule has 0 saturated carbocycles. The highest BCUT2D eigenvalue weighted by atomic mass is 16.4. The predicted molar refractivity (Wildman–Crippen MR) is 86.9 cm³/mol. The number of nitrogens with zero attached hydrogens (tertiary/aromatic N) is 3. The fourth-order valence-corrected chi connectivity index (χ4v) is 2.12. The van der Waals surface area contributed by atoms with Gasteiger partial charge in [0.15, 0.2) is 5.82 Å². The molecule has 8 heteroatoms. The molecule has 0 saturated heterocycles. The number of hydrogen-bond acceptors (Lipinski definition) is 7. The summed E-state index contributed by atoms with van der Waals surface area (Å²) in [5, 5.41) is 12.0. The van der Waals surface area contributed by atoms with Crippen molar-refractivity contribution in [3.8, 4) is 0 Å². The Morgan fingerprint density at radius 1 is 1.04 bits per heavy atom. The summed E-state index contributed by atoms with van der Waals surface area (Å²) in [6.45, 7) is 0.451. The monoisotopic (exact) mass is 310 g/mol. The molecule has 1 aromatic carbocycles. The van der Waals surface area contributed by atoms with Crippen LogP contribution in [0.15, 0.2) is 36.4 Å². The Balaban J connectivity index is 1.78. The normalized spacial score (nSPS) is 10.6. The minimum absolute atomic E-state index is 0.112. The van der Waals surface area contributed by atoms with Crippen molar-refractivity contribution in [2.24, 2.45) is 0 Å². The van der Waals surface area contributed by atoms with E-state index in [4.69, 9.17) is 16.6 Å². The predicted octanol–water partition coefficient (Wildman–Crippen LogP) is 1.50. The fraction of sp³-hybridized carbons (Fsp3) is 0.0667. The van der Waals surface area contributed by atoms with E-state index in [2.05, 4.69) is 20.3 Å². The topological polar surface area (TPSA) is 140 Å². The van der Waals surface area contributed by atoms with Crippen LogP contribution in [0.1, 0.15) is 16.1 Å². The minimum Gasteiger partial charge on any atom is -0.478 e. The molecule has 0 aliphatic rings. The average molecular weight is 310 g/mol. The van der Waals surface area contributed by atoms with Gasteiger partial charge in [-0.25, -0.2) is 14.8 Å². The van der Waals surface area contributed by atoms with Gasteiger partial charge in [-0.15, -0.1) is 0 Å². The number of anilines is 3. The zero-order valence-electron chi connectivity index (χ0n) is 12.0. The van der Waals surface area contributed by atoms with E-state index in [0.29, 0.717) is 17.6 Å². The lowest BCUT2D eigenvalue weighted by Crippen LogP contribution is -2.05. The number of hydrogen-bond donors (Lipinski definition) is 4. The number of aromatic carboxylic acids is 1. The lowest BCUT2D eigenvalue weighted by atomic mass is 10.2. The third-order valence-electron chi connectivity index (χ3n) is 3.25. The molecule has 0 bridgehead atoms. The SMILES string of the molecule is Nc1nc(N)c2nc(CNc3ccc(C(=O)O)cc3)ccc2n1. The van der Waals surface area contributed by atoms with E-state index in [1.54, 1.807) is 18.2 Å². The molecule has 3 rings (SSSR count). The molecule has 2 heterocycles. The second-order valence-corrected chi connectivity index (χ2v) is 4.87. The summed E-state index contributed by atoms with van der Waals surface area (Å²) in [5.74, 6) is -0.608. The number of carboxylic acids is 1. The van der Waals surface area contributed by atoms with Gasteiger partial charge in [0.25, 0.3) is 0 Å². The van der Waals surface area contributed by atoms with Crippen molar-refractivity contribution in [2.75, 3.05) is 16.8 Å². The minimum atomic E-state index is -0.956. The number of nitrogen functional groups attached to an aromatic ring is 2. The summed E-state index contributed by atoms with van der Waals surface area (Å²) in [5.41, 5.74) is 14.2. The number of rotatable bonds is 4. The van der Waals surface area contributed by atoms with Crippen LogP contribution in [0.4, 0.5) is 17.5 Å². The van der Waals surface area contributed by atoms with Gasteiger partial charge in [-0.3, -0.25) is 0 Å². The quantitative estimate of drug-likeness (QED) is 0.568. The van der Waals surface area contributed by atoms with Crippen molar-refractivity contribution in [3.63, 3.8) is 0 Å². The number of fused-ring (bicyclic) bond motifs is 1. The first-order valence-electron chi connectivity index (χ1n) is 6.79. The number of pyridine rings is 1. The highest BCUT2D eigenvalue weighted by Crippen LogP contribution is 2.17. The average Bonchev–Trinajstić information content (AvgIpc) is 2.53. The second kappa shape index (κ2) is 5.76. The molecule has 0 fully saturated rings. The first-order chi connectivity index (χ1) is 11.0. The number of carbonyl (C=O) groups is 1. The lowest BCUT2D eigenvalue weighted by molar-refractivity contribution is 0.0697. The Hall–Kier alpha value is -3.42. The van der Waals surface area contributed by atoms with Gasteiger partial charge >= 0.3 is 5.97 Å². The Kier molecular flexibility index (Phi) is 3.63. The molecule has 0 unspecified atom stereocenters. The van der Waals surface area contributed by atoms with Crippen molar-refractivity contribution in [3.05, 3.63) is 47.7 Å². The standard InChI is InChI=1S/C15H14N6O2/c16-13-12-11(20-15(17)21-13)6-5-10(19-12)7-18-9-3-1-8(2-4-9)14(22)23/h1-6,18H,7H2,(H,22,23)(H4,16,17,20,21). The molecule has 8 nitrogen and oxygen atoms in total. The van der Waals surface area contributed by atoms with Crippen LogP contribution >= 0.6 is 0 Å². The number of aromatic nitrogens is 3. The maximum Gasteiger partial charge on any atom is 0.335 e. The second-order valence-electron chi connectivity index (χ2n) is 4.87. The number of nitrogens with two attached hydrogens (primary N) is 2. The van der Waals surface area contributed by atoms with Crippen LogP contribution in [0.3, 0.4) is 0 Å². The molecule has 2 aromatic heterocycles. The smallest absolute Gasteiger partial charge is 0.335 e. The van der Waals surface area contributed by atoms with Crippen molar-refractivity contribution in [1.82, 2.24) is 15.0 Å². The Morgan fingerprint density at radius 3 is 2.48 bits per heavy atom. The molecule has 0 radical (unpaired) electrons. The van der Waals surface area contributed by atoms with Crippen molar-refractivity contribution in [2.45, 2.75) is 6.54 Å². The van der Waals surface area contributed by atoms with E-state index in [1.807, 2.05) is 6.07 Å².